The first kappa shape index (κ1) is 17.2. The first-order valence-corrected chi connectivity index (χ1v) is 8.16. The molecule has 6 heteroatoms. The highest BCUT2D eigenvalue weighted by Gasteiger charge is 2.38. The minimum Gasteiger partial charge on any atom is -0.376 e. The molecule has 22 heavy (non-hydrogen) atoms. The summed E-state index contributed by atoms with van der Waals surface area (Å²) in [5, 5.41) is 9.10. The van der Waals surface area contributed by atoms with Crippen molar-refractivity contribution >= 4 is 11.8 Å². The molecule has 0 aliphatic carbocycles. The highest BCUT2D eigenvalue weighted by atomic mass is 16.5. The fourth-order valence-electron chi connectivity index (χ4n) is 3.77. The van der Waals surface area contributed by atoms with Crippen molar-refractivity contribution in [2.75, 3.05) is 13.2 Å². The van der Waals surface area contributed by atoms with Crippen molar-refractivity contribution in [3.63, 3.8) is 0 Å². The summed E-state index contributed by atoms with van der Waals surface area (Å²) in [7, 11) is 0. The molecule has 0 bridgehead atoms. The van der Waals surface area contributed by atoms with Crippen LogP contribution in [0.15, 0.2) is 0 Å². The molecule has 2 heterocycles. The van der Waals surface area contributed by atoms with Crippen LogP contribution >= 0.6 is 0 Å². The van der Waals surface area contributed by atoms with E-state index >= 15 is 0 Å². The summed E-state index contributed by atoms with van der Waals surface area (Å²) in [6.45, 7) is 9.62. The first-order valence-electron chi connectivity index (χ1n) is 8.16. The Morgan fingerprint density at radius 2 is 1.77 bits per heavy atom. The lowest BCUT2D eigenvalue weighted by Gasteiger charge is -2.46. The van der Waals surface area contributed by atoms with Gasteiger partial charge in [0.05, 0.1) is 6.10 Å². The maximum absolute atomic E-state index is 12.1. The van der Waals surface area contributed by atoms with Gasteiger partial charge in [0.25, 0.3) is 0 Å². The second-order valence-electron chi connectivity index (χ2n) is 7.82. The van der Waals surface area contributed by atoms with E-state index in [1.807, 2.05) is 0 Å². The van der Waals surface area contributed by atoms with Gasteiger partial charge in [-0.2, -0.15) is 0 Å². The molecule has 1 atom stereocenters. The lowest BCUT2D eigenvalue weighted by Crippen LogP contribution is -2.63. The summed E-state index contributed by atoms with van der Waals surface area (Å²) in [6.07, 6.45) is 3.63. The van der Waals surface area contributed by atoms with Crippen molar-refractivity contribution < 1.29 is 14.3 Å². The molecule has 126 valence electrons. The third kappa shape index (κ3) is 4.95. The Morgan fingerprint density at radius 1 is 1.14 bits per heavy atom. The summed E-state index contributed by atoms with van der Waals surface area (Å²) in [5.74, 6) is -1.11. The van der Waals surface area contributed by atoms with E-state index in [1.165, 1.54) is 0 Å². The van der Waals surface area contributed by atoms with Crippen molar-refractivity contribution in [1.82, 2.24) is 16.0 Å². The van der Waals surface area contributed by atoms with Gasteiger partial charge in [0, 0.05) is 30.3 Å². The van der Waals surface area contributed by atoms with Gasteiger partial charge in [0.1, 0.15) is 0 Å². The minimum absolute atomic E-state index is 0.00669. The van der Waals surface area contributed by atoms with E-state index in [2.05, 4.69) is 43.6 Å². The summed E-state index contributed by atoms with van der Waals surface area (Å²) >= 11 is 0. The molecule has 2 rings (SSSR count). The van der Waals surface area contributed by atoms with E-state index in [0.29, 0.717) is 6.54 Å². The zero-order chi connectivity index (χ0) is 16.4. The average molecular weight is 311 g/mol. The highest BCUT2D eigenvalue weighted by Crippen LogP contribution is 2.28. The van der Waals surface area contributed by atoms with E-state index < -0.39 is 11.8 Å². The number of rotatable bonds is 3. The lowest BCUT2D eigenvalue weighted by molar-refractivity contribution is -0.140. The molecule has 6 nitrogen and oxygen atoms in total. The Balaban J connectivity index is 1.81. The summed E-state index contributed by atoms with van der Waals surface area (Å²) < 4.78 is 5.43. The molecule has 2 aliphatic heterocycles. The van der Waals surface area contributed by atoms with E-state index in [9.17, 15) is 9.59 Å². The van der Waals surface area contributed by atoms with Gasteiger partial charge in [-0.25, -0.2) is 0 Å². The van der Waals surface area contributed by atoms with Crippen molar-refractivity contribution in [2.45, 2.75) is 76.6 Å². The molecule has 0 radical (unpaired) electrons. The number of nitrogens with one attached hydrogen (secondary N) is 3. The third-order valence-electron chi connectivity index (χ3n) is 4.25. The fourth-order valence-corrected chi connectivity index (χ4v) is 3.77. The monoisotopic (exact) mass is 311 g/mol. The Bertz CT molecular complexity index is 412. The van der Waals surface area contributed by atoms with Crippen LogP contribution in [0.5, 0.6) is 0 Å². The summed E-state index contributed by atoms with van der Waals surface area (Å²) in [4.78, 5) is 24.0. The van der Waals surface area contributed by atoms with Gasteiger partial charge < -0.3 is 20.7 Å². The quantitative estimate of drug-likeness (QED) is 0.671. The van der Waals surface area contributed by atoms with Gasteiger partial charge in [-0.1, -0.05) is 0 Å². The van der Waals surface area contributed by atoms with E-state index in [0.717, 1.165) is 32.3 Å². The molecule has 2 saturated heterocycles. The maximum atomic E-state index is 12.1. The van der Waals surface area contributed by atoms with Crippen LogP contribution < -0.4 is 16.0 Å². The molecular weight excluding hydrogens is 282 g/mol. The maximum Gasteiger partial charge on any atom is 0.309 e. The van der Waals surface area contributed by atoms with Gasteiger partial charge in [0.2, 0.25) is 0 Å². The molecule has 2 aliphatic rings. The molecule has 0 spiro atoms. The number of hydrogen-bond donors (Lipinski definition) is 3. The topological polar surface area (TPSA) is 79.5 Å². The average Bonchev–Trinajstić information content (AvgIpc) is 2.84. The Hall–Kier alpha value is -1.14. The molecule has 2 amide bonds. The molecule has 2 fully saturated rings. The lowest BCUT2D eigenvalue weighted by atomic mass is 9.79. The Morgan fingerprint density at radius 3 is 2.32 bits per heavy atom. The van der Waals surface area contributed by atoms with Crippen molar-refractivity contribution in [3.05, 3.63) is 0 Å². The predicted molar refractivity (Wildman–Crippen MR) is 84.4 cm³/mol. The van der Waals surface area contributed by atoms with Crippen LogP contribution in [0, 0.1) is 0 Å². The third-order valence-corrected chi connectivity index (χ3v) is 4.25. The number of ether oxygens (including phenoxy) is 1. The largest absolute Gasteiger partial charge is 0.376 e. The molecule has 0 saturated carbocycles. The van der Waals surface area contributed by atoms with Crippen LogP contribution in [0.3, 0.4) is 0 Å². The van der Waals surface area contributed by atoms with Crippen molar-refractivity contribution in [1.29, 1.82) is 0 Å². The molecule has 3 N–H and O–H groups in total. The van der Waals surface area contributed by atoms with E-state index in [1.54, 1.807) is 0 Å². The van der Waals surface area contributed by atoms with Crippen LogP contribution in [0.25, 0.3) is 0 Å². The van der Waals surface area contributed by atoms with Crippen LogP contribution in [0.1, 0.15) is 53.4 Å². The zero-order valence-electron chi connectivity index (χ0n) is 14.1. The first-order chi connectivity index (χ1) is 10.2. The van der Waals surface area contributed by atoms with Gasteiger partial charge in [0.15, 0.2) is 0 Å². The van der Waals surface area contributed by atoms with Crippen LogP contribution in [0.2, 0.25) is 0 Å². The normalized spacial score (nSPS) is 27.4. The van der Waals surface area contributed by atoms with Gasteiger partial charge in [-0.15, -0.1) is 0 Å². The molecule has 0 aromatic heterocycles. The van der Waals surface area contributed by atoms with Gasteiger partial charge >= 0.3 is 11.8 Å². The number of hydrogen-bond acceptors (Lipinski definition) is 4. The number of amides is 2. The second kappa shape index (κ2) is 6.54. The van der Waals surface area contributed by atoms with Crippen LogP contribution in [-0.4, -0.2) is 48.2 Å². The predicted octanol–water partition coefficient (Wildman–Crippen LogP) is 0.707. The number of piperidine rings is 1. The second-order valence-corrected chi connectivity index (χ2v) is 7.82. The SMILES string of the molecule is CC1(C)CC(NC(=O)C(=O)NCC2CCCO2)CC(C)(C)N1. The zero-order valence-corrected chi connectivity index (χ0v) is 14.1. The molecular formula is C16H29N3O3. The summed E-state index contributed by atoms with van der Waals surface area (Å²) in [5.41, 5.74) is -0.123. The van der Waals surface area contributed by atoms with Crippen LogP contribution in [0.4, 0.5) is 0 Å². The highest BCUT2D eigenvalue weighted by molar-refractivity contribution is 6.35. The standard InChI is InChI=1S/C16H29N3O3/c1-15(2)8-11(9-16(3,4)19-15)18-14(21)13(20)17-10-12-6-5-7-22-12/h11-12,19H,5-10H2,1-4H3,(H,17,20)(H,18,21). The molecule has 1 unspecified atom stereocenters. The minimum atomic E-state index is -0.565. The van der Waals surface area contributed by atoms with Gasteiger partial charge in [-0.05, 0) is 53.4 Å². The van der Waals surface area contributed by atoms with Crippen molar-refractivity contribution in [3.8, 4) is 0 Å². The molecule has 0 aromatic rings. The van der Waals surface area contributed by atoms with E-state index in [-0.39, 0.29) is 23.2 Å². The smallest absolute Gasteiger partial charge is 0.309 e. The Labute approximate surface area is 132 Å². The number of carbonyl (C=O) groups is 2. The summed E-state index contributed by atoms with van der Waals surface area (Å²) in [6, 6.07) is 0.00669. The van der Waals surface area contributed by atoms with Gasteiger partial charge in [-0.3, -0.25) is 9.59 Å². The fraction of sp³-hybridized carbons (Fsp3) is 0.875. The van der Waals surface area contributed by atoms with E-state index in [4.69, 9.17) is 4.74 Å². The van der Waals surface area contributed by atoms with Crippen molar-refractivity contribution in [2.24, 2.45) is 0 Å². The Kier molecular flexibility index (Phi) is 5.12. The number of carbonyl (C=O) groups excluding carboxylic acids is 2. The van der Waals surface area contributed by atoms with Crippen LogP contribution in [-0.2, 0) is 14.3 Å². The molecule has 0 aromatic carbocycles.